The highest BCUT2D eigenvalue weighted by Crippen LogP contribution is 2.21. The number of terminal acetylenes is 1. The standard InChI is InChI=1S/C13H13BrFNO2/c1-3-7-16-12(13(17)18-4-2)9-5-6-10(14)11(15)8-9/h1,5-6,8,12,16H,4,7H2,2H3. The van der Waals surface area contributed by atoms with Crippen molar-refractivity contribution >= 4 is 21.9 Å². The Labute approximate surface area is 114 Å². The number of rotatable bonds is 5. The van der Waals surface area contributed by atoms with Crippen molar-refractivity contribution in [2.75, 3.05) is 13.2 Å². The number of carbonyl (C=O) groups excluding carboxylic acids is 1. The SMILES string of the molecule is C#CCNC(C(=O)OCC)c1ccc(Br)c(F)c1. The summed E-state index contributed by atoms with van der Waals surface area (Å²) in [6, 6.07) is 3.69. The van der Waals surface area contributed by atoms with Crippen molar-refractivity contribution in [3.63, 3.8) is 0 Å². The molecule has 0 aliphatic carbocycles. The molecule has 0 aromatic heterocycles. The van der Waals surface area contributed by atoms with Crippen LogP contribution in [0.25, 0.3) is 0 Å². The molecule has 0 saturated carbocycles. The number of ether oxygens (including phenoxy) is 1. The Kier molecular flexibility index (Phi) is 5.83. The van der Waals surface area contributed by atoms with Gasteiger partial charge in [0.25, 0.3) is 0 Å². The van der Waals surface area contributed by atoms with Crippen molar-refractivity contribution < 1.29 is 13.9 Å². The zero-order valence-corrected chi connectivity index (χ0v) is 11.5. The van der Waals surface area contributed by atoms with Gasteiger partial charge in [0.05, 0.1) is 17.6 Å². The molecule has 18 heavy (non-hydrogen) atoms. The Morgan fingerprint density at radius 1 is 1.67 bits per heavy atom. The first-order chi connectivity index (χ1) is 8.60. The van der Waals surface area contributed by atoms with E-state index < -0.39 is 17.8 Å². The fourth-order valence-electron chi connectivity index (χ4n) is 1.42. The molecule has 96 valence electrons. The molecular formula is C13H13BrFNO2. The fourth-order valence-corrected chi connectivity index (χ4v) is 1.66. The van der Waals surface area contributed by atoms with Gasteiger partial charge in [-0.15, -0.1) is 6.42 Å². The van der Waals surface area contributed by atoms with E-state index in [2.05, 4.69) is 27.2 Å². The molecule has 0 bridgehead atoms. The average Bonchev–Trinajstić information content (AvgIpc) is 2.34. The van der Waals surface area contributed by atoms with E-state index in [1.165, 1.54) is 12.1 Å². The molecule has 1 atom stereocenters. The second-order valence-electron chi connectivity index (χ2n) is 3.44. The van der Waals surface area contributed by atoms with Crippen LogP contribution in [0.2, 0.25) is 0 Å². The summed E-state index contributed by atoms with van der Waals surface area (Å²) < 4.78 is 18.7. The van der Waals surface area contributed by atoms with Crippen molar-refractivity contribution in [1.82, 2.24) is 5.32 Å². The molecule has 0 aliphatic rings. The monoisotopic (exact) mass is 313 g/mol. The predicted octanol–water partition coefficient (Wildman–Crippen LogP) is 2.42. The molecule has 1 aromatic carbocycles. The van der Waals surface area contributed by atoms with E-state index in [1.807, 2.05) is 0 Å². The van der Waals surface area contributed by atoms with Gasteiger partial charge in [-0.1, -0.05) is 12.0 Å². The second-order valence-corrected chi connectivity index (χ2v) is 4.30. The van der Waals surface area contributed by atoms with Crippen LogP contribution in [-0.4, -0.2) is 19.1 Å². The number of halogens is 2. The molecule has 0 heterocycles. The van der Waals surface area contributed by atoms with Crippen LogP contribution in [0.1, 0.15) is 18.5 Å². The van der Waals surface area contributed by atoms with Gasteiger partial charge >= 0.3 is 5.97 Å². The highest BCUT2D eigenvalue weighted by molar-refractivity contribution is 9.10. The van der Waals surface area contributed by atoms with Gasteiger partial charge in [-0.05, 0) is 40.5 Å². The quantitative estimate of drug-likeness (QED) is 0.670. The third-order valence-electron chi connectivity index (χ3n) is 2.21. The molecule has 0 amide bonds. The summed E-state index contributed by atoms with van der Waals surface area (Å²) in [6.07, 6.45) is 5.14. The summed E-state index contributed by atoms with van der Waals surface area (Å²) in [5, 5.41) is 2.82. The van der Waals surface area contributed by atoms with Crippen LogP contribution in [0.4, 0.5) is 4.39 Å². The molecule has 5 heteroatoms. The van der Waals surface area contributed by atoms with E-state index in [4.69, 9.17) is 11.2 Å². The van der Waals surface area contributed by atoms with Crippen LogP contribution in [0.15, 0.2) is 22.7 Å². The molecule has 1 rings (SSSR count). The number of nitrogens with one attached hydrogen (secondary N) is 1. The lowest BCUT2D eigenvalue weighted by Gasteiger charge is -2.16. The Hall–Kier alpha value is -1.38. The largest absolute Gasteiger partial charge is 0.465 e. The molecule has 0 saturated heterocycles. The number of hydrogen-bond donors (Lipinski definition) is 1. The van der Waals surface area contributed by atoms with E-state index in [0.29, 0.717) is 10.0 Å². The van der Waals surface area contributed by atoms with E-state index in [1.54, 1.807) is 13.0 Å². The summed E-state index contributed by atoms with van der Waals surface area (Å²) in [5.41, 5.74) is 0.476. The van der Waals surface area contributed by atoms with Crippen LogP contribution < -0.4 is 5.32 Å². The topological polar surface area (TPSA) is 38.3 Å². The number of hydrogen-bond acceptors (Lipinski definition) is 3. The maximum atomic E-state index is 13.4. The first-order valence-electron chi connectivity index (χ1n) is 5.38. The number of esters is 1. The predicted molar refractivity (Wildman–Crippen MR) is 70.3 cm³/mol. The maximum Gasteiger partial charge on any atom is 0.327 e. The number of benzene rings is 1. The Bertz CT molecular complexity index is 471. The smallest absolute Gasteiger partial charge is 0.327 e. The van der Waals surface area contributed by atoms with E-state index in [9.17, 15) is 9.18 Å². The van der Waals surface area contributed by atoms with Gasteiger partial charge in [0.15, 0.2) is 0 Å². The lowest BCUT2D eigenvalue weighted by atomic mass is 10.1. The zero-order valence-electron chi connectivity index (χ0n) is 9.87. The molecule has 0 spiro atoms. The van der Waals surface area contributed by atoms with Crippen LogP contribution in [0, 0.1) is 18.2 Å². The molecule has 1 aromatic rings. The molecule has 0 aliphatic heterocycles. The van der Waals surface area contributed by atoms with Crippen molar-refractivity contribution in [2.45, 2.75) is 13.0 Å². The third-order valence-corrected chi connectivity index (χ3v) is 2.85. The van der Waals surface area contributed by atoms with E-state index in [0.717, 1.165) is 0 Å². The summed E-state index contributed by atoms with van der Waals surface area (Å²) in [4.78, 5) is 11.8. The van der Waals surface area contributed by atoms with Gasteiger partial charge in [-0.2, -0.15) is 0 Å². The highest BCUT2D eigenvalue weighted by Gasteiger charge is 2.21. The molecule has 1 N–H and O–H groups in total. The minimum atomic E-state index is -0.761. The lowest BCUT2D eigenvalue weighted by molar-refractivity contribution is -0.145. The molecule has 3 nitrogen and oxygen atoms in total. The van der Waals surface area contributed by atoms with E-state index in [-0.39, 0.29) is 13.2 Å². The molecule has 0 radical (unpaired) electrons. The third kappa shape index (κ3) is 3.83. The van der Waals surface area contributed by atoms with Crippen molar-refractivity contribution in [2.24, 2.45) is 0 Å². The van der Waals surface area contributed by atoms with Crippen LogP contribution in [0.5, 0.6) is 0 Å². The fraction of sp³-hybridized carbons (Fsp3) is 0.308. The lowest BCUT2D eigenvalue weighted by Crippen LogP contribution is -2.30. The van der Waals surface area contributed by atoms with Crippen molar-refractivity contribution in [3.8, 4) is 12.3 Å². The minimum Gasteiger partial charge on any atom is -0.465 e. The van der Waals surface area contributed by atoms with Gasteiger partial charge in [0, 0.05) is 0 Å². The molecule has 0 fully saturated rings. The second kappa shape index (κ2) is 7.14. The Balaban J connectivity index is 2.97. The van der Waals surface area contributed by atoms with Crippen molar-refractivity contribution in [1.29, 1.82) is 0 Å². The minimum absolute atomic E-state index is 0.196. The summed E-state index contributed by atoms with van der Waals surface area (Å²) in [5.74, 6) is 1.45. The van der Waals surface area contributed by atoms with Crippen LogP contribution in [0.3, 0.4) is 0 Å². The summed E-state index contributed by atoms with van der Waals surface area (Å²) >= 11 is 3.05. The highest BCUT2D eigenvalue weighted by atomic mass is 79.9. The van der Waals surface area contributed by atoms with Gasteiger partial charge in [-0.25, -0.2) is 9.18 Å². The first kappa shape index (κ1) is 14.7. The number of carbonyl (C=O) groups is 1. The zero-order chi connectivity index (χ0) is 13.5. The van der Waals surface area contributed by atoms with Crippen LogP contribution in [-0.2, 0) is 9.53 Å². The maximum absolute atomic E-state index is 13.4. The molecular weight excluding hydrogens is 301 g/mol. The average molecular weight is 314 g/mol. The first-order valence-corrected chi connectivity index (χ1v) is 6.17. The summed E-state index contributed by atoms with van der Waals surface area (Å²) in [6.45, 7) is 2.16. The van der Waals surface area contributed by atoms with Gasteiger partial charge in [0.2, 0.25) is 0 Å². The van der Waals surface area contributed by atoms with Crippen LogP contribution >= 0.6 is 15.9 Å². The van der Waals surface area contributed by atoms with E-state index >= 15 is 0 Å². The van der Waals surface area contributed by atoms with Gasteiger partial charge in [-0.3, -0.25) is 5.32 Å². The Morgan fingerprint density at radius 2 is 2.39 bits per heavy atom. The van der Waals surface area contributed by atoms with Gasteiger partial charge in [0.1, 0.15) is 11.9 Å². The normalized spacial score (nSPS) is 11.7. The van der Waals surface area contributed by atoms with Crippen molar-refractivity contribution in [3.05, 3.63) is 34.1 Å². The molecule has 1 unspecified atom stereocenters. The summed E-state index contributed by atoms with van der Waals surface area (Å²) in [7, 11) is 0. The Morgan fingerprint density at radius 3 is 2.94 bits per heavy atom. The van der Waals surface area contributed by atoms with Gasteiger partial charge < -0.3 is 4.74 Å².